The molecule has 4 unspecified atom stereocenters. The summed E-state index contributed by atoms with van der Waals surface area (Å²) in [5.74, 6) is 0.433. The predicted octanol–water partition coefficient (Wildman–Crippen LogP) is 3.67. The first-order valence-electron chi connectivity index (χ1n) is 13.6. The van der Waals surface area contributed by atoms with E-state index in [9.17, 15) is 28.2 Å². The second kappa shape index (κ2) is 9.92. The van der Waals surface area contributed by atoms with Crippen molar-refractivity contribution in [3.8, 4) is 0 Å². The third-order valence-electron chi connectivity index (χ3n) is 10.3. The Balaban J connectivity index is 1.52. The number of aliphatic carboxylic acids is 1. The quantitative estimate of drug-likeness (QED) is 0.501. The smallest absolute Gasteiger partial charge is 0.328 e. The van der Waals surface area contributed by atoms with Crippen LogP contribution in [0.2, 0.25) is 0 Å². The maximum Gasteiger partial charge on any atom is 0.328 e. The number of amides is 1. The number of carbonyl (C=O) groups is 2. The number of allylic oxidation sites excluding steroid dienone is 4. The Bertz CT molecular complexity index is 1300. The van der Waals surface area contributed by atoms with Gasteiger partial charge >= 0.3 is 5.97 Å². The molecule has 0 radical (unpaired) electrons. The van der Waals surface area contributed by atoms with Gasteiger partial charge in [0, 0.05) is 12.6 Å². The van der Waals surface area contributed by atoms with Crippen molar-refractivity contribution in [1.82, 2.24) is 4.90 Å². The molecule has 206 valence electrons. The molecule has 1 aromatic carbocycles. The molecule has 1 aromatic rings. The van der Waals surface area contributed by atoms with E-state index in [1.54, 1.807) is 5.57 Å². The molecule has 1 amide bonds. The van der Waals surface area contributed by atoms with Crippen LogP contribution in [-0.2, 0) is 14.8 Å². The van der Waals surface area contributed by atoms with Crippen LogP contribution in [0.15, 0.2) is 46.9 Å². The highest BCUT2D eigenvalue weighted by atomic mass is 32.2. The summed E-state index contributed by atoms with van der Waals surface area (Å²) in [4.78, 5) is 26.2. The summed E-state index contributed by atoms with van der Waals surface area (Å²) in [6.07, 6.45) is 14.1. The van der Waals surface area contributed by atoms with Crippen LogP contribution in [0.5, 0.6) is 0 Å². The molecule has 0 saturated heterocycles. The van der Waals surface area contributed by atoms with Gasteiger partial charge in [0.05, 0.1) is 11.5 Å². The molecule has 0 spiro atoms. The SMILES string of the molecule is CN(C(=O)c1ccc(S(N)(=O)=O)cc1[C@H]1CCC2C3CCC4=CC=CCC4C3CC[C@@]21C)[C@@H](CO)C(=O)O. The average molecular weight is 543 g/mol. The summed E-state index contributed by atoms with van der Waals surface area (Å²) in [5.41, 5.74) is 2.37. The van der Waals surface area contributed by atoms with E-state index < -0.39 is 34.5 Å². The topological polar surface area (TPSA) is 138 Å². The summed E-state index contributed by atoms with van der Waals surface area (Å²) < 4.78 is 24.6. The highest BCUT2D eigenvalue weighted by Gasteiger charge is 2.56. The Morgan fingerprint density at radius 1 is 1.18 bits per heavy atom. The summed E-state index contributed by atoms with van der Waals surface area (Å²) in [7, 11) is -2.65. The first-order chi connectivity index (χ1) is 18.0. The largest absolute Gasteiger partial charge is 0.480 e. The van der Waals surface area contributed by atoms with Crippen molar-refractivity contribution in [3.05, 3.63) is 53.1 Å². The van der Waals surface area contributed by atoms with Crippen molar-refractivity contribution in [2.45, 2.75) is 68.7 Å². The highest BCUT2D eigenvalue weighted by molar-refractivity contribution is 7.89. The van der Waals surface area contributed by atoms with Crippen molar-refractivity contribution in [2.24, 2.45) is 34.2 Å². The molecule has 3 fully saturated rings. The summed E-state index contributed by atoms with van der Waals surface area (Å²) in [6, 6.07) is 2.90. The molecule has 7 atom stereocenters. The van der Waals surface area contributed by atoms with Gasteiger partial charge in [0.15, 0.2) is 6.04 Å². The van der Waals surface area contributed by atoms with Gasteiger partial charge in [-0.1, -0.05) is 30.7 Å². The van der Waals surface area contributed by atoms with Crippen LogP contribution in [0.1, 0.15) is 73.7 Å². The maximum atomic E-state index is 13.6. The van der Waals surface area contributed by atoms with Crippen LogP contribution in [0.25, 0.3) is 0 Å². The van der Waals surface area contributed by atoms with E-state index in [1.165, 1.54) is 25.2 Å². The van der Waals surface area contributed by atoms with Gasteiger partial charge in [-0.3, -0.25) is 4.79 Å². The molecule has 0 heterocycles. The van der Waals surface area contributed by atoms with Crippen LogP contribution >= 0.6 is 0 Å². The number of aliphatic hydroxyl groups is 1. The predicted molar refractivity (Wildman–Crippen MR) is 143 cm³/mol. The van der Waals surface area contributed by atoms with E-state index in [1.807, 2.05) is 0 Å². The van der Waals surface area contributed by atoms with Crippen molar-refractivity contribution in [3.63, 3.8) is 0 Å². The van der Waals surface area contributed by atoms with E-state index in [0.29, 0.717) is 29.2 Å². The zero-order valence-electron chi connectivity index (χ0n) is 22.0. The zero-order chi connectivity index (χ0) is 27.4. The van der Waals surface area contributed by atoms with Crippen molar-refractivity contribution in [2.75, 3.05) is 13.7 Å². The second-order valence-corrected chi connectivity index (χ2v) is 13.5. The number of hydrogen-bond acceptors (Lipinski definition) is 5. The monoisotopic (exact) mass is 542 g/mol. The number of carbonyl (C=O) groups excluding carboxylic acids is 1. The van der Waals surface area contributed by atoms with Gasteiger partial charge in [0.1, 0.15) is 0 Å². The number of likely N-dealkylation sites (N-methyl/N-ethyl adjacent to an activating group) is 1. The lowest BCUT2D eigenvalue weighted by Gasteiger charge is -2.54. The minimum Gasteiger partial charge on any atom is -0.480 e. The van der Waals surface area contributed by atoms with Crippen LogP contribution in [0, 0.1) is 29.1 Å². The minimum absolute atomic E-state index is 0.0502. The lowest BCUT2D eigenvalue weighted by Crippen LogP contribution is -2.46. The number of aliphatic hydroxyl groups excluding tert-OH is 1. The molecule has 8 nitrogen and oxygen atoms in total. The van der Waals surface area contributed by atoms with Gasteiger partial charge < -0.3 is 15.1 Å². The Hall–Kier alpha value is -2.49. The first-order valence-corrected chi connectivity index (χ1v) is 15.1. The Morgan fingerprint density at radius 3 is 2.63 bits per heavy atom. The Labute approximate surface area is 224 Å². The lowest BCUT2D eigenvalue weighted by atomic mass is 9.51. The number of carboxylic acids is 1. The Kier molecular flexibility index (Phi) is 7.07. The highest BCUT2D eigenvalue weighted by Crippen LogP contribution is 2.66. The fourth-order valence-corrected chi connectivity index (χ4v) is 8.93. The number of sulfonamides is 1. The number of benzene rings is 1. The first kappa shape index (κ1) is 27.1. The van der Waals surface area contributed by atoms with E-state index in [2.05, 4.69) is 25.2 Å². The lowest BCUT2D eigenvalue weighted by molar-refractivity contribution is -0.143. The summed E-state index contributed by atoms with van der Waals surface area (Å²) >= 11 is 0. The molecule has 0 aromatic heterocycles. The van der Waals surface area contributed by atoms with Gasteiger partial charge in [-0.05, 0) is 104 Å². The van der Waals surface area contributed by atoms with Gasteiger partial charge in [-0.25, -0.2) is 18.4 Å². The molecular formula is C29H38N2O6S. The standard InChI is InChI=1S/C29H38N2O6S/c1-29-14-13-20-19-6-4-3-5-17(19)7-9-21(20)24(29)11-12-25(29)23-15-18(38(30,36)37)8-10-22(23)27(33)31(2)26(16-32)28(34)35/h3-5,8,10,15,19-21,24-26,32H,6-7,9,11-14,16H2,1-2H3,(H,34,35)(H2,30,36,37)/t19?,20?,21?,24?,25-,26+,29+/m1/s1. The number of primary sulfonamides is 1. The molecule has 9 heteroatoms. The van der Waals surface area contributed by atoms with Crippen LogP contribution in [0.4, 0.5) is 0 Å². The molecule has 4 aliphatic rings. The summed E-state index contributed by atoms with van der Waals surface area (Å²) in [6.45, 7) is 1.58. The minimum atomic E-state index is -4.01. The van der Waals surface area contributed by atoms with Crippen molar-refractivity contribution >= 4 is 21.9 Å². The third kappa shape index (κ3) is 4.42. The normalized spacial score (nSPS) is 32.9. The number of rotatable bonds is 6. The fourth-order valence-electron chi connectivity index (χ4n) is 8.38. The van der Waals surface area contributed by atoms with Gasteiger partial charge in [0.2, 0.25) is 10.0 Å². The molecule has 4 N–H and O–H groups in total. The van der Waals surface area contributed by atoms with Crippen molar-refractivity contribution < 1.29 is 28.2 Å². The molecule has 38 heavy (non-hydrogen) atoms. The summed E-state index contributed by atoms with van der Waals surface area (Å²) in [5, 5.41) is 24.6. The maximum absolute atomic E-state index is 13.6. The number of fused-ring (bicyclic) bond motifs is 5. The van der Waals surface area contributed by atoms with Crippen molar-refractivity contribution in [1.29, 1.82) is 0 Å². The third-order valence-corrected chi connectivity index (χ3v) is 11.2. The van der Waals surface area contributed by atoms with E-state index in [4.69, 9.17) is 5.14 Å². The number of nitrogens with two attached hydrogens (primary N) is 1. The zero-order valence-corrected chi connectivity index (χ0v) is 22.9. The van der Waals surface area contributed by atoms with E-state index >= 15 is 0 Å². The number of hydrogen-bond donors (Lipinski definition) is 3. The average Bonchev–Trinajstić information content (AvgIpc) is 3.24. The van der Waals surface area contributed by atoms with E-state index in [-0.39, 0.29) is 21.8 Å². The molecule has 0 bridgehead atoms. The van der Waals surface area contributed by atoms with Crippen LogP contribution in [0.3, 0.4) is 0 Å². The van der Waals surface area contributed by atoms with Crippen LogP contribution in [-0.4, -0.2) is 55.1 Å². The van der Waals surface area contributed by atoms with Gasteiger partial charge in [-0.15, -0.1) is 0 Å². The Morgan fingerprint density at radius 2 is 1.95 bits per heavy atom. The molecule has 5 rings (SSSR count). The molecule has 4 aliphatic carbocycles. The molecule has 0 aliphatic heterocycles. The van der Waals surface area contributed by atoms with E-state index in [0.717, 1.165) is 49.8 Å². The molecular weight excluding hydrogens is 504 g/mol. The number of nitrogens with zero attached hydrogens (tertiary/aromatic N) is 1. The fraction of sp³-hybridized carbons (Fsp3) is 0.586. The number of carboxylic acid groups (broad SMARTS) is 1. The van der Waals surface area contributed by atoms with Gasteiger partial charge in [-0.2, -0.15) is 0 Å². The molecule has 3 saturated carbocycles. The second-order valence-electron chi connectivity index (χ2n) is 11.9. The van der Waals surface area contributed by atoms with Gasteiger partial charge in [0.25, 0.3) is 5.91 Å². The van der Waals surface area contributed by atoms with Crippen LogP contribution < -0.4 is 5.14 Å².